The standard InChI is InChI=1S/C14H17N3O4/c1-17(11-5-3-2-4-10(11)13(19)20)14(21)15-8-9-6-7-12(18)16-9/h2-5,9H,6-8H2,1H3,(H,15,21)(H,16,18)(H,19,20). The molecule has 3 N–H and O–H groups in total. The number of para-hydroxylation sites is 1. The molecule has 0 spiro atoms. The lowest BCUT2D eigenvalue weighted by atomic mass is 10.1. The summed E-state index contributed by atoms with van der Waals surface area (Å²) in [5.41, 5.74) is 0.377. The van der Waals surface area contributed by atoms with Crippen LogP contribution in [0.1, 0.15) is 23.2 Å². The second-order valence-electron chi connectivity index (χ2n) is 4.87. The van der Waals surface area contributed by atoms with Crippen LogP contribution in [0.15, 0.2) is 24.3 Å². The van der Waals surface area contributed by atoms with Gasteiger partial charge in [0.1, 0.15) is 0 Å². The molecule has 1 aromatic rings. The number of carbonyl (C=O) groups excluding carboxylic acids is 2. The number of nitrogens with zero attached hydrogens (tertiary/aromatic N) is 1. The minimum atomic E-state index is -1.09. The van der Waals surface area contributed by atoms with E-state index in [1.54, 1.807) is 18.2 Å². The fourth-order valence-corrected chi connectivity index (χ4v) is 2.22. The molecule has 1 unspecified atom stereocenters. The van der Waals surface area contributed by atoms with Crippen molar-refractivity contribution in [3.63, 3.8) is 0 Å². The van der Waals surface area contributed by atoms with Crippen LogP contribution in [0, 0.1) is 0 Å². The molecule has 1 aliphatic heterocycles. The lowest BCUT2D eigenvalue weighted by Gasteiger charge is -2.21. The number of carbonyl (C=O) groups is 3. The quantitative estimate of drug-likeness (QED) is 0.764. The van der Waals surface area contributed by atoms with Crippen LogP contribution >= 0.6 is 0 Å². The van der Waals surface area contributed by atoms with Gasteiger partial charge >= 0.3 is 12.0 Å². The van der Waals surface area contributed by atoms with Gasteiger partial charge in [-0.25, -0.2) is 9.59 Å². The highest BCUT2D eigenvalue weighted by molar-refractivity contribution is 6.01. The first-order chi connectivity index (χ1) is 9.99. The van der Waals surface area contributed by atoms with Gasteiger partial charge in [0.15, 0.2) is 0 Å². The first kappa shape index (κ1) is 14.8. The molecule has 3 amide bonds. The van der Waals surface area contributed by atoms with Crippen molar-refractivity contribution in [3.05, 3.63) is 29.8 Å². The van der Waals surface area contributed by atoms with Gasteiger partial charge in [0.2, 0.25) is 5.91 Å². The average molecular weight is 291 g/mol. The summed E-state index contributed by atoms with van der Waals surface area (Å²) in [5.74, 6) is -1.10. The van der Waals surface area contributed by atoms with Crippen molar-refractivity contribution in [2.45, 2.75) is 18.9 Å². The SMILES string of the molecule is CN(C(=O)NCC1CCC(=O)N1)c1ccccc1C(=O)O. The third-order valence-corrected chi connectivity index (χ3v) is 3.39. The number of rotatable bonds is 4. The Kier molecular flexibility index (Phi) is 4.42. The first-order valence-corrected chi connectivity index (χ1v) is 6.62. The molecule has 21 heavy (non-hydrogen) atoms. The Morgan fingerprint density at radius 2 is 2.14 bits per heavy atom. The van der Waals surface area contributed by atoms with Gasteiger partial charge in [0.05, 0.1) is 11.3 Å². The Labute approximate surface area is 121 Å². The van der Waals surface area contributed by atoms with Crippen LogP contribution in [-0.2, 0) is 4.79 Å². The molecule has 0 bridgehead atoms. The summed E-state index contributed by atoms with van der Waals surface area (Å²) in [6.07, 6.45) is 1.16. The van der Waals surface area contributed by atoms with Crippen molar-refractivity contribution in [2.75, 3.05) is 18.5 Å². The third-order valence-electron chi connectivity index (χ3n) is 3.39. The number of carboxylic acid groups (broad SMARTS) is 1. The Bertz CT molecular complexity index is 573. The van der Waals surface area contributed by atoms with Crippen molar-refractivity contribution < 1.29 is 19.5 Å². The predicted octanol–water partition coefficient (Wildman–Crippen LogP) is 0.809. The molecule has 1 aliphatic rings. The Hall–Kier alpha value is -2.57. The minimum Gasteiger partial charge on any atom is -0.478 e. The average Bonchev–Trinajstić information content (AvgIpc) is 2.89. The molecule has 7 nitrogen and oxygen atoms in total. The van der Waals surface area contributed by atoms with E-state index in [-0.39, 0.29) is 17.5 Å². The Morgan fingerprint density at radius 3 is 2.76 bits per heavy atom. The van der Waals surface area contributed by atoms with Crippen molar-refractivity contribution in [2.24, 2.45) is 0 Å². The molecule has 0 saturated carbocycles. The van der Waals surface area contributed by atoms with Crippen molar-refractivity contribution in [1.82, 2.24) is 10.6 Å². The highest BCUT2D eigenvalue weighted by Gasteiger charge is 2.22. The molecular weight excluding hydrogens is 274 g/mol. The van der Waals surface area contributed by atoms with Gasteiger partial charge < -0.3 is 15.7 Å². The highest BCUT2D eigenvalue weighted by atomic mass is 16.4. The van der Waals surface area contributed by atoms with Crippen LogP contribution in [0.4, 0.5) is 10.5 Å². The molecule has 0 aliphatic carbocycles. The molecule has 1 heterocycles. The molecular formula is C14H17N3O4. The summed E-state index contributed by atoms with van der Waals surface area (Å²) in [7, 11) is 1.50. The predicted molar refractivity (Wildman–Crippen MR) is 76.4 cm³/mol. The van der Waals surface area contributed by atoms with E-state index in [1.807, 2.05) is 0 Å². The molecule has 0 aromatic heterocycles. The Morgan fingerprint density at radius 1 is 1.43 bits per heavy atom. The third kappa shape index (κ3) is 3.50. The lowest BCUT2D eigenvalue weighted by Crippen LogP contribution is -2.44. The van der Waals surface area contributed by atoms with Crippen molar-refractivity contribution >= 4 is 23.6 Å². The maximum absolute atomic E-state index is 12.1. The molecule has 1 saturated heterocycles. The zero-order valence-corrected chi connectivity index (χ0v) is 11.6. The number of anilines is 1. The van der Waals surface area contributed by atoms with Gasteiger partial charge in [-0.2, -0.15) is 0 Å². The number of benzene rings is 1. The van der Waals surface area contributed by atoms with E-state index in [0.29, 0.717) is 25.1 Å². The minimum absolute atomic E-state index is 0.0150. The number of hydrogen-bond acceptors (Lipinski definition) is 3. The number of urea groups is 1. The zero-order chi connectivity index (χ0) is 15.4. The zero-order valence-electron chi connectivity index (χ0n) is 11.6. The highest BCUT2D eigenvalue weighted by Crippen LogP contribution is 2.19. The molecule has 1 aromatic carbocycles. The van der Waals surface area contributed by atoms with Crippen LogP contribution in [0.3, 0.4) is 0 Å². The first-order valence-electron chi connectivity index (χ1n) is 6.62. The maximum atomic E-state index is 12.1. The second-order valence-corrected chi connectivity index (χ2v) is 4.87. The van der Waals surface area contributed by atoms with E-state index in [2.05, 4.69) is 10.6 Å². The van der Waals surface area contributed by atoms with Gasteiger partial charge in [-0.05, 0) is 18.6 Å². The van der Waals surface area contributed by atoms with Crippen LogP contribution in [0.5, 0.6) is 0 Å². The number of aromatic carboxylic acids is 1. The lowest BCUT2D eigenvalue weighted by molar-refractivity contribution is -0.119. The van der Waals surface area contributed by atoms with E-state index in [9.17, 15) is 14.4 Å². The van der Waals surface area contributed by atoms with Crippen molar-refractivity contribution in [1.29, 1.82) is 0 Å². The van der Waals surface area contributed by atoms with Gasteiger partial charge in [-0.3, -0.25) is 9.69 Å². The monoisotopic (exact) mass is 291 g/mol. The summed E-state index contributed by atoms with van der Waals surface area (Å²) in [4.78, 5) is 35.5. The summed E-state index contributed by atoms with van der Waals surface area (Å²) < 4.78 is 0. The van der Waals surface area contributed by atoms with E-state index < -0.39 is 12.0 Å². The van der Waals surface area contributed by atoms with E-state index in [4.69, 9.17) is 5.11 Å². The summed E-state index contributed by atoms with van der Waals surface area (Å²) in [6.45, 7) is 0.324. The van der Waals surface area contributed by atoms with E-state index in [0.717, 1.165) is 0 Å². The number of nitrogens with one attached hydrogen (secondary N) is 2. The Balaban J connectivity index is 1.99. The summed E-state index contributed by atoms with van der Waals surface area (Å²) >= 11 is 0. The van der Waals surface area contributed by atoms with Crippen LogP contribution < -0.4 is 15.5 Å². The summed E-state index contributed by atoms with van der Waals surface area (Å²) in [5, 5.41) is 14.6. The van der Waals surface area contributed by atoms with Gasteiger partial charge in [0, 0.05) is 26.1 Å². The molecule has 0 radical (unpaired) electrons. The molecule has 7 heteroatoms. The second kappa shape index (κ2) is 6.25. The van der Waals surface area contributed by atoms with E-state index >= 15 is 0 Å². The number of hydrogen-bond donors (Lipinski definition) is 3. The number of amides is 3. The van der Waals surface area contributed by atoms with Gasteiger partial charge in [-0.15, -0.1) is 0 Å². The fourth-order valence-electron chi connectivity index (χ4n) is 2.22. The largest absolute Gasteiger partial charge is 0.478 e. The van der Waals surface area contributed by atoms with Crippen LogP contribution in [0.25, 0.3) is 0 Å². The van der Waals surface area contributed by atoms with Crippen molar-refractivity contribution in [3.8, 4) is 0 Å². The van der Waals surface area contributed by atoms with Gasteiger partial charge in [-0.1, -0.05) is 12.1 Å². The van der Waals surface area contributed by atoms with Crippen LogP contribution in [0.2, 0.25) is 0 Å². The molecule has 1 atom stereocenters. The normalized spacial score (nSPS) is 17.2. The molecule has 2 rings (SSSR count). The topological polar surface area (TPSA) is 98.7 Å². The fraction of sp³-hybridized carbons (Fsp3) is 0.357. The summed E-state index contributed by atoms with van der Waals surface area (Å²) in [6, 6.07) is 5.81. The molecule has 1 fully saturated rings. The van der Waals surface area contributed by atoms with Gasteiger partial charge in [0.25, 0.3) is 0 Å². The molecule has 112 valence electrons. The smallest absolute Gasteiger partial charge is 0.337 e. The maximum Gasteiger partial charge on any atom is 0.337 e. The number of carboxylic acids is 1. The van der Waals surface area contributed by atoms with Crippen LogP contribution in [-0.4, -0.2) is 42.6 Å². The van der Waals surface area contributed by atoms with E-state index in [1.165, 1.54) is 18.0 Å².